The van der Waals surface area contributed by atoms with E-state index in [1.165, 1.54) is 0 Å². The van der Waals surface area contributed by atoms with Crippen molar-refractivity contribution in [1.29, 1.82) is 0 Å². The molecule has 5 saturated heterocycles. The second-order valence-electron chi connectivity index (χ2n) is 22.9. The number of piperidine rings is 1. The molecule has 6 rings (SSSR count). The topological polar surface area (TPSA) is 289 Å². The summed E-state index contributed by atoms with van der Waals surface area (Å²) in [6.45, 7) is 20.5. The van der Waals surface area contributed by atoms with Gasteiger partial charge in [0, 0.05) is 36.5 Å². The number of hydrogen-bond acceptors (Lipinski definition) is 17. The van der Waals surface area contributed by atoms with E-state index in [9.17, 15) is 54.9 Å². The van der Waals surface area contributed by atoms with E-state index in [-0.39, 0.29) is 36.4 Å². The number of carboxylic acids is 1. The van der Waals surface area contributed by atoms with Crippen molar-refractivity contribution in [2.24, 2.45) is 41.4 Å². The molecule has 72 heavy (non-hydrogen) atoms. The van der Waals surface area contributed by atoms with Crippen molar-refractivity contribution in [2.45, 2.75) is 249 Å². The molecule has 23 atom stereocenters. The first-order chi connectivity index (χ1) is 33.7. The number of hydrogen-bond donors (Lipinski definition) is 9. The highest BCUT2D eigenvalue weighted by atomic mass is 16.8. The molecule has 2 spiro atoms. The Morgan fingerprint density at radius 1 is 0.875 bits per heavy atom. The summed E-state index contributed by atoms with van der Waals surface area (Å²) in [5.74, 6) is -8.82. The molecule has 0 radical (unpaired) electrons. The highest BCUT2D eigenvalue weighted by Crippen LogP contribution is 2.56. The molecule has 0 aromatic rings. The van der Waals surface area contributed by atoms with E-state index in [0.717, 1.165) is 6.42 Å². The van der Waals surface area contributed by atoms with E-state index < -0.39 is 150 Å². The SMILES string of the molecule is CC[C@@H](C(=O)O)[C@H]1CC[C@H](C)[C@H]([C@@H](C)[C@H](O)[C@H](C)C(=O)[C@H](CC)[C@@]2(C)O[C@@]3(C=C[C@@H](OC(=O)CCC(=O)NC4NC(CO)C(O)C(O)C4O)[C@@]4(CCC([C@@]5(C)CC[C@](O)(CC)[C@H](C)O5)O4)O3)[C@H](C)C[C@@H]2C)O1. The molecule has 0 aliphatic carbocycles. The zero-order valence-electron chi connectivity index (χ0n) is 44.5. The minimum absolute atomic E-state index is 0.0346. The molecular formula is C53H88N2O17. The fraction of sp³-hybridized carbons (Fsp3) is 0.887. The lowest BCUT2D eigenvalue weighted by molar-refractivity contribution is -0.418. The number of Topliss-reactive ketones (excluding diaryl/α,β-unsaturated/α-hetero) is 1. The molecule has 1 amide bonds. The lowest BCUT2D eigenvalue weighted by atomic mass is 9.66. The van der Waals surface area contributed by atoms with Gasteiger partial charge in [0.1, 0.15) is 30.3 Å². The van der Waals surface area contributed by atoms with Crippen LogP contribution in [0.2, 0.25) is 0 Å². The van der Waals surface area contributed by atoms with Gasteiger partial charge in [0.15, 0.2) is 11.9 Å². The van der Waals surface area contributed by atoms with Crippen molar-refractivity contribution in [3.8, 4) is 0 Å². The van der Waals surface area contributed by atoms with E-state index in [0.29, 0.717) is 51.4 Å². The maximum absolute atomic E-state index is 15.0. The van der Waals surface area contributed by atoms with Gasteiger partial charge in [0.2, 0.25) is 11.7 Å². The monoisotopic (exact) mass is 1020 g/mol. The third-order valence-electron chi connectivity index (χ3n) is 18.3. The molecule has 6 aliphatic rings. The van der Waals surface area contributed by atoms with Crippen molar-refractivity contribution in [3.63, 3.8) is 0 Å². The van der Waals surface area contributed by atoms with Crippen molar-refractivity contribution < 1.29 is 83.3 Å². The summed E-state index contributed by atoms with van der Waals surface area (Å²) in [7, 11) is 0. The Balaban J connectivity index is 1.23. The number of ketones is 1. The van der Waals surface area contributed by atoms with Gasteiger partial charge in [-0.15, -0.1) is 0 Å². The van der Waals surface area contributed by atoms with Crippen LogP contribution in [0, 0.1) is 41.4 Å². The molecule has 19 heteroatoms. The van der Waals surface area contributed by atoms with Crippen LogP contribution in [-0.2, 0) is 47.6 Å². The predicted octanol–water partition coefficient (Wildman–Crippen LogP) is 3.40. The summed E-state index contributed by atoms with van der Waals surface area (Å²) in [6, 6.07) is -1.02. The fourth-order valence-electron chi connectivity index (χ4n) is 13.0. The molecular weight excluding hydrogens is 937 g/mol. The van der Waals surface area contributed by atoms with E-state index in [4.69, 9.17) is 28.4 Å². The third kappa shape index (κ3) is 11.4. The molecule has 0 aromatic heterocycles. The average Bonchev–Trinajstić information content (AvgIpc) is 3.77. The molecule has 0 bridgehead atoms. The largest absolute Gasteiger partial charge is 0.481 e. The first kappa shape index (κ1) is 58.6. The summed E-state index contributed by atoms with van der Waals surface area (Å²) in [4.78, 5) is 53.9. The maximum atomic E-state index is 15.0. The summed E-state index contributed by atoms with van der Waals surface area (Å²) < 4.78 is 40.7. The molecule has 6 heterocycles. The molecule has 0 aromatic carbocycles. The zero-order valence-corrected chi connectivity index (χ0v) is 44.5. The van der Waals surface area contributed by atoms with Gasteiger partial charge in [-0.25, -0.2) is 0 Å². The minimum atomic E-state index is -1.65. The van der Waals surface area contributed by atoms with E-state index >= 15 is 0 Å². The van der Waals surface area contributed by atoms with Gasteiger partial charge in [-0.05, 0) is 103 Å². The summed E-state index contributed by atoms with van der Waals surface area (Å²) >= 11 is 0. The number of aliphatic carboxylic acids is 1. The van der Waals surface area contributed by atoms with Crippen molar-refractivity contribution in [3.05, 3.63) is 12.2 Å². The Bertz CT molecular complexity index is 1940. The lowest BCUT2D eigenvalue weighted by Gasteiger charge is -2.58. The molecule has 412 valence electrons. The number of aliphatic hydroxyl groups excluding tert-OH is 5. The van der Waals surface area contributed by atoms with Crippen LogP contribution in [0.4, 0.5) is 0 Å². The molecule has 9 N–H and O–H groups in total. The van der Waals surface area contributed by atoms with Crippen molar-refractivity contribution in [1.82, 2.24) is 10.6 Å². The van der Waals surface area contributed by atoms with Gasteiger partial charge in [0.25, 0.3) is 0 Å². The fourth-order valence-corrected chi connectivity index (χ4v) is 13.0. The number of rotatable bonds is 18. The van der Waals surface area contributed by atoms with Gasteiger partial charge < -0.3 is 69.5 Å². The summed E-state index contributed by atoms with van der Waals surface area (Å²) in [5, 5.41) is 79.0. The quantitative estimate of drug-likeness (QED) is 0.0702. The van der Waals surface area contributed by atoms with E-state index in [2.05, 4.69) is 10.6 Å². The maximum Gasteiger partial charge on any atom is 0.309 e. The van der Waals surface area contributed by atoms with Crippen LogP contribution in [0.25, 0.3) is 0 Å². The second-order valence-corrected chi connectivity index (χ2v) is 22.9. The average molecular weight is 1030 g/mol. The van der Waals surface area contributed by atoms with Crippen LogP contribution in [0.5, 0.6) is 0 Å². The number of esters is 1. The van der Waals surface area contributed by atoms with Gasteiger partial charge in [-0.3, -0.25) is 24.5 Å². The first-order valence-electron chi connectivity index (χ1n) is 26.9. The smallest absolute Gasteiger partial charge is 0.309 e. The number of amides is 1. The molecule has 5 fully saturated rings. The van der Waals surface area contributed by atoms with Crippen LogP contribution in [-0.4, -0.2) is 162 Å². The van der Waals surface area contributed by atoms with Crippen LogP contribution in [0.1, 0.15) is 153 Å². The van der Waals surface area contributed by atoms with Crippen LogP contribution in [0.3, 0.4) is 0 Å². The Morgan fingerprint density at radius 3 is 2.18 bits per heavy atom. The van der Waals surface area contributed by atoms with Crippen molar-refractivity contribution in [2.75, 3.05) is 6.61 Å². The number of carbonyl (C=O) groups is 4. The standard InChI is InChI=1S/C53H88N2O17/c1-12-33(48(64)65)36-16-15-27(4)46(67-36)31(8)41(59)30(7)42(60)34(13-2)50(11)28(5)25-29(6)52(71-50)21-20-38(53(72-52)22-19-37(70-53)49(10)23-24-51(66,14-3)32(9)69-49)68-40(58)18-17-39(57)55-47-45(63)44(62)43(61)35(26-56)54-47/h20-21,27-38,41,43-47,54,56,59,61-63,66H,12-19,22-26H2,1-11H3,(H,55,57)(H,64,65)/t27-,28-,29+,30-,31-,32-,33+,34-,35?,36+,37?,38+,41+,43?,44?,45?,46+,47?,49+,50-,51+,52+,53+/m0/s1. The summed E-state index contributed by atoms with van der Waals surface area (Å²) in [6.07, 6.45) is -2.80. The van der Waals surface area contributed by atoms with Crippen LogP contribution < -0.4 is 10.6 Å². The number of nitrogens with one attached hydrogen (secondary N) is 2. The van der Waals surface area contributed by atoms with E-state index in [1.54, 1.807) is 19.1 Å². The van der Waals surface area contributed by atoms with Gasteiger partial charge in [-0.1, -0.05) is 55.4 Å². The Kier molecular flexibility index (Phi) is 18.6. The minimum Gasteiger partial charge on any atom is -0.481 e. The van der Waals surface area contributed by atoms with Crippen LogP contribution >= 0.6 is 0 Å². The summed E-state index contributed by atoms with van der Waals surface area (Å²) in [5.41, 5.74) is -3.02. The third-order valence-corrected chi connectivity index (χ3v) is 18.3. The Morgan fingerprint density at radius 2 is 1.57 bits per heavy atom. The zero-order chi connectivity index (χ0) is 53.5. The number of carboxylic acid groups (broad SMARTS) is 1. The highest BCUT2D eigenvalue weighted by molar-refractivity contribution is 5.85. The number of ether oxygens (including phenoxy) is 6. The molecule has 6 aliphatic heterocycles. The van der Waals surface area contributed by atoms with Gasteiger partial charge >= 0.3 is 11.9 Å². The Hall–Kier alpha value is -2.66. The number of carbonyl (C=O) groups excluding carboxylic acids is 3. The highest BCUT2D eigenvalue weighted by Gasteiger charge is 2.65. The molecule has 19 nitrogen and oxygen atoms in total. The van der Waals surface area contributed by atoms with Crippen LogP contribution in [0.15, 0.2) is 12.2 Å². The predicted molar refractivity (Wildman–Crippen MR) is 260 cm³/mol. The lowest BCUT2D eigenvalue weighted by Crippen LogP contribution is -2.70. The van der Waals surface area contributed by atoms with E-state index in [1.807, 2.05) is 69.2 Å². The first-order valence-corrected chi connectivity index (χ1v) is 26.9. The molecule has 0 saturated carbocycles. The normalized spacial score (nSPS) is 44.4. The van der Waals surface area contributed by atoms with Gasteiger partial charge in [-0.2, -0.15) is 0 Å². The second kappa shape index (κ2) is 22.9. The molecule has 6 unspecified atom stereocenters. The Labute approximate surface area is 425 Å². The van der Waals surface area contributed by atoms with Crippen molar-refractivity contribution >= 4 is 23.6 Å². The van der Waals surface area contributed by atoms with Gasteiger partial charge in [0.05, 0.1) is 72.3 Å². The number of aliphatic hydroxyl groups is 6.